The molecule has 0 aromatic heterocycles. The predicted molar refractivity (Wildman–Crippen MR) is 136 cm³/mol. The molecule has 33 heavy (non-hydrogen) atoms. The minimum absolute atomic E-state index is 0.114. The summed E-state index contributed by atoms with van der Waals surface area (Å²) in [5.74, 6) is 0.0881. The molecule has 1 saturated heterocycles. The van der Waals surface area contributed by atoms with Gasteiger partial charge in [0.05, 0.1) is 6.04 Å². The Balaban J connectivity index is 1.62. The van der Waals surface area contributed by atoms with Crippen LogP contribution in [0.2, 0.25) is 0 Å². The smallest absolute Gasteiger partial charge is 0.236 e. The fraction of sp³-hybridized carbons (Fsp3) is 0.259. The average molecular weight is 458 g/mol. The molecule has 1 amide bonds. The summed E-state index contributed by atoms with van der Waals surface area (Å²) in [6.07, 6.45) is 0. The van der Waals surface area contributed by atoms with Gasteiger partial charge in [-0.25, -0.2) is 0 Å². The van der Waals surface area contributed by atoms with E-state index in [4.69, 9.17) is 17.0 Å². The standard InChI is InChI=1S/C27H27N3O2S/c1-16-8-7-9-19(15-16)30-26(33)29-24-20-10-5-6-11-22(20)32-27(30,4)23(24)25(31)28-21-13-12-17(2)14-18(21)3/h5-15,23-24H,1-4H3,(H,28,31)(H,29,33)/t23-,24-,27-/m0/s1. The molecular formula is C27H27N3O2S. The van der Waals surface area contributed by atoms with E-state index in [2.05, 4.69) is 22.8 Å². The molecule has 3 aromatic carbocycles. The minimum atomic E-state index is -1.02. The predicted octanol–water partition coefficient (Wildman–Crippen LogP) is 5.41. The molecule has 5 nitrogen and oxygen atoms in total. The summed E-state index contributed by atoms with van der Waals surface area (Å²) in [7, 11) is 0. The summed E-state index contributed by atoms with van der Waals surface area (Å²) in [4.78, 5) is 15.8. The number of nitrogens with one attached hydrogen (secondary N) is 2. The zero-order valence-electron chi connectivity index (χ0n) is 19.2. The number of ether oxygens (including phenoxy) is 1. The van der Waals surface area contributed by atoms with Gasteiger partial charge in [-0.3, -0.25) is 9.69 Å². The molecule has 2 aliphatic heterocycles. The van der Waals surface area contributed by atoms with Crippen LogP contribution in [0, 0.1) is 26.7 Å². The maximum atomic E-state index is 13.9. The monoisotopic (exact) mass is 457 g/mol. The highest BCUT2D eigenvalue weighted by molar-refractivity contribution is 7.80. The second-order valence-electron chi connectivity index (χ2n) is 9.08. The summed E-state index contributed by atoms with van der Waals surface area (Å²) in [6, 6.07) is 21.7. The van der Waals surface area contributed by atoms with E-state index in [0.29, 0.717) is 5.11 Å². The molecular weight excluding hydrogens is 430 g/mol. The van der Waals surface area contributed by atoms with Gasteiger partial charge in [0.2, 0.25) is 5.91 Å². The first kappa shape index (κ1) is 21.5. The minimum Gasteiger partial charge on any atom is -0.467 e. The van der Waals surface area contributed by atoms with Gasteiger partial charge in [-0.2, -0.15) is 0 Å². The lowest BCUT2D eigenvalue weighted by molar-refractivity contribution is -0.130. The van der Waals surface area contributed by atoms with Gasteiger partial charge in [-0.1, -0.05) is 48.0 Å². The number of rotatable bonds is 3. The molecule has 6 heteroatoms. The van der Waals surface area contributed by atoms with Crippen LogP contribution in [0.25, 0.3) is 0 Å². The number of hydrogen-bond acceptors (Lipinski definition) is 3. The second-order valence-corrected chi connectivity index (χ2v) is 9.47. The Morgan fingerprint density at radius 1 is 1.03 bits per heavy atom. The van der Waals surface area contributed by atoms with Crippen LogP contribution in [0.5, 0.6) is 5.75 Å². The molecule has 0 aliphatic carbocycles. The molecule has 5 rings (SSSR count). The van der Waals surface area contributed by atoms with Crippen molar-refractivity contribution in [3.8, 4) is 5.75 Å². The largest absolute Gasteiger partial charge is 0.467 e. The SMILES string of the molecule is Cc1cccc(N2C(=S)N[C@H]3c4ccccc4O[C@@]2(C)[C@@H]3C(=O)Nc2ccc(C)cc2C)c1. The number of anilines is 2. The number of hydrogen-bond donors (Lipinski definition) is 2. The molecule has 3 atom stereocenters. The highest BCUT2D eigenvalue weighted by atomic mass is 32.1. The molecule has 2 N–H and O–H groups in total. The van der Waals surface area contributed by atoms with E-state index < -0.39 is 11.6 Å². The third-order valence-electron chi connectivity index (χ3n) is 6.59. The van der Waals surface area contributed by atoms with Crippen LogP contribution in [0.4, 0.5) is 11.4 Å². The first-order valence-electron chi connectivity index (χ1n) is 11.1. The maximum absolute atomic E-state index is 13.9. The lowest BCUT2D eigenvalue weighted by Crippen LogP contribution is -2.72. The van der Waals surface area contributed by atoms with Crippen molar-refractivity contribution < 1.29 is 9.53 Å². The maximum Gasteiger partial charge on any atom is 0.236 e. The van der Waals surface area contributed by atoms with Crippen molar-refractivity contribution >= 4 is 34.6 Å². The fourth-order valence-electron chi connectivity index (χ4n) is 5.05. The molecule has 2 heterocycles. The van der Waals surface area contributed by atoms with Gasteiger partial charge in [0.1, 0.15) is 11.7 Å². The van der Waals surface area contributed by atoms with Crippen molar-refractivity contribution in [2.75, 3.05) is 10.2 Å². The molecule has 2 bridgehead atoms. The van der Waals surface area contributed by atoms with E-state index in [9.17, 15) is 4.79 Å². The number of aryl methyl sites for hydroxylation is 3. The van der Waals surface area contributed by atoms with Gasteiger partial charge in [-0.15, -0.1) is 0 Å². The molecule has 168 valence electrons. The molecule has 3 aromatic rings. The van der Waals surface area contributed by atoms with Crippen molar-refractivity contribution in [1.82, 2.24) is 5.32 Å². The Kier molecular flexibility index (Phi) is 5.13. The molecule has 0 saturated carbocycles. The fourth-order valence-corrected chi connectivity index (χ4v) is 5.46. The molecule has 0 radical (unpaired) electrons. The van der Waals surface area contributed by atoms with E-state index in [1.54, 1.807) is 0 Å². The van der Waals surface area contributed by atoms with Crippen LogP contribution in [-0.4, -0.2) is 16.7 Å². The Morgan fingerprint density at radius 3 is 2.55 bits per heavy atom. The first-order chi connectivity index (χ1) is 15.8. The summed E-state index contributed by atoms with van der Waals surface area (Å²) in [5.41, 5.74) is 4.89. The quantitative estimate of drug-likeness (QED) is 0.515. The Labute approximate surface area is 199 Å². The van der Waals surface area contributed by atoms with E-state index in [-0.39, 0.29) is 11.9 Å². The first-order valence-corrected chi connectivity index (χ1v) is 11.5. The number of thiocarbonyl (C=S) groups is 1. The van der Waals surface area contributed by atoms with Crippen molar-refractivity contribution in [3.63, 3.8) is 0 Å². The summed E-state index contributed by atoms with van der Waals surface area (Å²) >= 11 is 5.82. The van der Waals surface area contributed by atoms with Crippen LogP contribution in [0.3, 0.4) is 0 Å². The van der Waals surface area contributed by atoms with E-state index in [1.807, 2.05) is 87.2 Å². The summed E-state index contributed by atoms with van der Waals surface area (Å²) < 4.78 is 6.63. The number of para-hydroxylation sites is 1. The van der Waals surface area contributed by atoms with Crippen LogP contribution >= 0.6 is 12.2 Å². The average Bonchev–Trinajstić information content (AvgIpc) is 2.75. The lowest BCUT2D eigenvalue weighted by Gasteiger charge is -2.56. The van der Waals surface area contributed by atoms with Gasteiger partial charge in [0.15, 0.2) is 10.8 Å². The van der Waals surface area contributed by atoms with Gasteiger partial charge in [-0.05, 0) is 75.3 Å². The zero-order chi connectivity index (χ0) is 23.3. The second kappa shape index (κ2) is 7.89. The normalized spacial score (nSPS) is 23.3. The number of fused-ring (bicyclic) bond motifs is 4. The highest BCUT2D eigenvalue weighted by Crippen LogP contribution is 2.49. The van der Waals surface area contributed by atoms with Crippen molar-refractivity contribution in [2.45, 2.75) is 39.5 Å². The topological polar surface area (TPSA) is 53.6 Å². The van der Waals surface area contributed by atoms with E-state index in [0.717, 1.165) is 39.4 Å². The number of nitrogens with zero attached hydrogens (tertiary/aromatic N) is 1. The van der Waals surface area contributed by atoms with Crippen molar-refractivity contribution in [1.29, 1.82) is 0 Å². The third-order valence-corrected chi connectivity index (χ3v) is 6.89. The molecule has 0 spiro atoms. The molecule has 2 aliphatic rings. The Bertz CT molecular complexity index is 1270. The van der Waals surface area contributed by atoms with Gasteiger partial charge < -0.3 is 15.4 Å². The summed E-state index contributed by atoms with van der Waals surface area (Å²) in [6.45, 7) is 8.04. The van der Waals surface area contributed by atoms with Gasteiger partial charge >= 0.3 is 0 Å². The van der Waals surface area contributed by atoms with Crippen LogP contribution in [0.15, 0.2) is 66.7 Å². The molecule has 0 unspecified atom stereocenters. The third kappa shape index (κ3) is 3.55. The van der Waals surface area contributed by atoms with Gasteiger partial charge in [0.25, 0.3) is 0 Å². The summed E-state index contributed by atoms with van der Waals surface area (Å²) in [5, 5.41) is 7.16. The van der Waals surface area contributed by atoms with Crippen LogP contribution in [-0.2, 0) is 4.79 Å². The van der Waals surface area contributed by atoms with E-state index >= 15 is 0 Å². The number of carbonyl (C=O) groups is 1. The zero-order valence-corrected chi connectivity index (χ0v) is 20.0. The van der Waals surface area contributed by atoms with Gasteiger partial charge in [0, 0.05) is 16.9 Å². The number of amides is 1. The van der Waals surface area contributed by atoms with Crippen molar-refractivity contribution in [2.24, 2.45) is 5.92 Å². The van der Waals surface area contributed by atoms with E-state index in [1.165, 1.54) is 0 Å². The molecule has 1 fully saturated rings. The van der Waals surface area contributed by atoms with Crippen LogP contribution < -0.4 is 20.3 Å². The Hall–Kier alpha value is -3.38. The van der Waals surface area contributed by atoms with Crippen molar-refractivity contribution in [3.05, 3.63) is 89.0 Å². The number of benzene rings is 3. The lowest BCUT2D eigenvalue weighted by atomic mass is 9.78. The number of carbonyl (C=O) groups excluding carboxylic acids is 1. The highest BCUT2D eigenvalue weighted by Gasteiger charge is 2.59. The van der Waals surface area contributed by atoms with Crippen LogP contribution in [0.1, 0.15) is 35.2 Å². The Morgan fingerprint density at radius 2 is 1.79 bits per heavy atom.